The quantitative estimate of drug-likeness (QED) is 0.404. The molecule has 0 radical (unpaired) electrons. The minimum absolute atomic E-state index is 0.140. The Morgan fingerprint density at radius 1 is 1.10 bits per heavy atom. The van der Waals surface area contributed by atoms with Crippen LogP contribution in [0.2, 0.25) is 0 Å². The number of methoxy groups -OCH3 is 1. The fraction of sp³-hybridized carbons (Fsp3) is 0.367. The van der Waals surface area contributed by atoms with Crippen LogP contribution in [0.4, 0.5) is 4.79 Å². The van der Waals surface area contributed by atoms with Crippen molar-refractivity contribution in [2.24, 2.45) is 0 Å². The highest BCUT2D eigenvalue weighted by molar-refractivity contribution is 5.67. The first-order chi connectivity index (χ1) is 19.0. The summed E-state index contributed by atoms with van der Waals surface area (Å²) in [6.45, 7) is 3.10. The molecule has 2 aliphatic heterocycles. The van der Waals surface area contributed by atoms with Gasteiger partial charge in [-0.2, -0.15) is 0 Å². The van der Waals surface area contributed by atoms with Crippen LogP contribution in [0.25, 0.3) is 0 Å². The van der Waals surface area contributed by atoms with Crippen LogP contribution in [-0.4, -0.2) is 65.0 Å². The van der Waals surface area contributed by atoms with Gasteiger partial charge in [0.1, 0.15) is 0 Å². The first-order valence-electron chi connectivity index (χ1n) is 13.1. The van der Waals surface area contributed by atoms with Crippen LogP contribution in [0.5, 0.6) is 5.75 Å². The third-order valence-electron chi connectivity index (χ3n) is 7.19. The Bertz CT molecular complexity index is 1400. The first kappa shape index (κ1) is 26.5. The Hall–Kier alpha value is -4.13. The maximum atomic E-state index is 11.9. The second-order valence-corrected chi connectivity index (χ2v) is 10.0. The van der Waals surface area contributed by atoms with E-state index in [0.717, 1.165) is 36.3 Å². The van der Waals surface area contributed by atoms with E-state index in [1.165, 1.54) is 31.8 Å². The summed E-state index contributed by atoms with van der Waals surface area (Å²) in [7, 11) is 1.27. The summed E-state index contributed by atoms with van der Waals surface area (Å²) < 4.78 is 10.6. The number of likely N-dealkylation sites (tertiary alicyclic amines) is 1. The topological polar surface area (TPSA) is 117 Å². The number of carbonyl (C=O) groups excluding carboxylic acids is 1. The third kappa shape index (κ3) is 6.85. The highest BCUT2D eigenvalue weighted by Gasteiger charge is 2.33. The molecule has 3 N–H and O–H groups in total. The number of rotatable bonds is 7. The lowest BCUT2D eigenvalue weighted by Gasteiger charge is -2.32. The highest BCUT2D eigenvalue weighted by Crippen LogP contribution is 2.27. The van der Waals surface area contributed by atoms with Gasteiger partial charge in [0, 0.05) is 43.2 Å². The smallest absolute Gasteiger partial charge is 0.406 e. The molecule has 2 saturated heterocycles. The van der Waals surface area contributed by atoms with Crippen molar-refractivity contribution in [1.29, 1.82) is 0 Å². The molecule has 2 aromatic carbocycles. The van der Waals surface area contributed by atoms with Gasteiger partial charge in [0.25, 0.3) is 5.56 Å². The van der Waals surface area contributed by atoms with E-state index in [2.05, 4.69) is 61.0 Å². The predicted octanol–water partition coefficient (Wildman–Crippen LogP) is 2.92. The molecule has 2 bridgehead atoms. The van der Waals surface area contributed by atoms with Gasteiger partial charge in [-0.3, -0.25) is 9.69 Å². The zero-order chi connectivity index (χ0) is 27.2. The van der Waals surface area contributed by atoms with Gasteiger partial charge >= 0.3 is 6.09 Å². The number of hydrogen-bond acceptors (Lipinski definition) is 7. The number of amides is 1. The van der Waals surface area contributed by atoms with Crippen molar-refractivity contribution in [3.63, 3.8) is 0 Å². The number of morpholine rings is 1. The van der Waals surface area contributed by atoms with Crippen LogP contribution >= 0.6 is 0 Å². The number of H-pyrrole nitrogens is 1. The SMILES string of the molecule is COC(=O)NCC(Cc1ccc(C#Cc2ccc(CN3CC4CCC(C3)O4)cc2)cc1)c1nc[nH]c(=O)c1O. The average Bonchev–Trinajstić information content (AvgIpc) is 3.30. The lowest BCUT2D eigenvalue weighted by Crippen LogP contribution is -2.41. The second-order valence-electron chi connectivity index (χ2n) is 10.0. The molecular weight excluding hydrogens is 496 g/mol. The molecule has 1 amide bonds. The molecule has 1 aromatic heterocycles. The van der Waals surface area contributed by atoms with Crippen LogP contribution in [-0.2, 0) is 22.4 Å². The van der Waals surface area contributed by atoms with Gasteiger partial charge in [-0.1, -0.05) is 36.1 Å². The number of benzene rings is 2. The van der Waals surface area contributed by atoms with E-state index < -0.39 is 23.3 Å². The van der Waals surface area contributed by atoms with E-state index in [9.17, 15) is 14.7 Å². The van der Waals surface area contributed by atoms with E-state index in [1.54, 1.807) is 0 Å². The molecule has 0 saturated carbocycles. The maximum absolute atomic E-state index is 11.9. The summed E-state index contributed by atoms with van der Waals surface area (Å²) in [6, 6.07) is 16.2. The molecule has 9 nitrogen and oxygen atoms in total. The lowest BCUT2D eigenvalue weighted by molar-refractivity contribution is -0.0410. The Balaban J connectivity index is 1.21. The normalized spacial score (nSPS) is 19.1. The summed E-state index contributed by atoms with van der Waals surface area (Å²) in [5.41, 5.74) is 3.63. The number of alkyl carbamates (subject to hydrolysis) is 1. The molecule has 3 aromatic rings. The third-order valence-corrected chi connectivity index (χ3v) is 7.19. The molecule has 9 heteroatoms. The summed E-state index contributed by atoms with van der Waals surface area (Å²) >= 11 is 0. The monoisotopic (exact) mass is 528 g/mol. The van der Waals surface area contributed by atoms with Gasteiger partial charge in [-0.05, 0) is 54.7 Å². The van der Waals surface area contributed by atoms with Gasteiger partial charge < -0.3 is 24.9 Å². The number of carbonyl (C=O) groups is 1. The largest absolute Gasteiger partial charge is 0.502 e. The maximum Gasteiger partial charge on any atom is 0.406 e. The number of aromatic hydroxyl groups is 1. The number of fused-ring (bicyclic) bond motifs is 2. The molecule has 39 heavy (non-hydrogen) atoms. The Labute approximate surface area is 227 Å². The van der Waals surface area contributed by atoms with Crippen molar-refractivity contribution in [2.75, 3.05) is 26.7 Å². The Morgan fingerprint density at radius 2 is 1.72 bits per heavy atom. The number of ether oxygens (including phenoxy) is 2. The number of aromatic nitrogens is 2. The standard InChI is InChI=1S/C30H32N4O5/c1-38-30(37)31-15-24(27-28(35)29(36)33-19-32-27)14-22-8-4-20(5-9-22)2-3-21-6-10-23(11-7-21)16-34-17-25-12-13-26(18-34)39-25/h4-11,19,24-26,35H,12-18H2,1H3,(H,31,37)(H,32,33,36). The van der Waals surface area contributed by atoms with Crippen molar-refractivity contribution in [1.82, 2.24) is 20.2 Å². The van der Waals surface area contributed by atoms with E-state index in [-0.39, 0.29) is 12.2 Å². The minimum atomic E-state index is -0.630. The van der Waals surface area contributed by atoms with Crippen LogP contribution in [0.1, 0.15) is 46.7 Å². The zero-order valence-electron chi connectivity index (χ0n) is 21.9. The molecule has 3 heterocycles. The molecule has 0 spiro atoms. The molecule has 3 atom stereocenters. The minimum Gasteiger partial charge on any atom is -0.502 e. The Morgan fingerprint density at radius 3 is 2.33 bits per heavy atom. The van der Waals surface area contributed by atoms with E-state index in [1.807, 2.05) is 24.3 Å². The summed E-state index contributed by atoms with van der Waals surface area (Å²) in [4.78, 5) is 32.5. The van der Waals surface area contributed by atoms with Crippen molar-refractivity contribution < 1.29 is 19.4 Å². The molecule has 2 fully saturated rings. The molecule has 0 aliphatic carbocycles. The number of hydrogen-bond donors (Lipinski definition) is 3. The van der Waals surface area contributed by atoms with Crippen molar-refractivity contribution in [3.05, 3.63) is 93.2 Å². The predicted molar refractivity (Wildman–Crippen MR) is 145 cm³/mol. The van der Waals surface area contributed by atoms with Crippen molar-refractivity contribution in [2.45, 2.75) is 43.9 Å². The summed E-state index contributed by atoms with van der Waals surface area (Å²) in [5, 5.41) is 12.9. The fourth-order valence-electron chi connectivity index (χ4n) is 5.18. The average molecular weight is 529 g/mol. The van der Waals surface area contributed by atoms with Gasteiger partial charge in [0.2, 0.25) is 5.75 Å². The molecular formula is C30H32N4O5. The second kappa shape index (κ2) is 12.2. The van der Waals surface area contributed by atoms with E-state index >= 15 is 0 Å². The van der Waals surface area contributed by atoms with Crippen LogP contribution in [0.3, 0.4) is 0 Å². The van der Waals surface area contributed by atoms with Crippen LogP contribution < -0.4 is 10.9 Å². The molecule has 2 aliphatic rings. The summed E-state index contributed by atoms with van der Waals surface area (Å²) in [6.07, 6.45) is 4.23. The summed E-state index contributed by atoms with van der Waals surface area (Å²) in [5.74, 6) is 5.54. The number of nitrogens with zero attached hydrogens (tertiary/aromatic N) is 2. The highest BCUT2D eigenvalue weighted by atomic mass is 16.5. The number of aromatic amines is 1. The van der Waals surface area contributed by atoms with Crippen molar-refractivity contribution >= 4 is 6.09 Å². The van der Waals surface area contributed by atoms with Crippen LogP contribution in [0.15, 0.2) is 59.7 Å². The first-order valence-corrected chi connectivity index (χ1v) is 13.1. The fourth-order valence-corrected chi connectivity index (χ4v) is 5.18. The lowest BCUT2D eigenvalue weighted by atomic mass is 9.94. The van der Waals surface area contributed by atoms with Gasteiger partial charge in [-0.25, -0.2) is 9.78 Å². The molecule has 202 valence electrons. The Kier molecular flexibility index (Phi) is 8.25. The molecule has 5 rings (SSSR count). The van der Waals surface area contributed by atoms with E-state index in [0.29, 0.717) is 18.6 Å². The number of nitrogens with one attached hydrogen (secondary N) is 2. The van der Waals surface area contributed by atoms with Crippen LogP contribution in [0, 0.1) is 11.8 Å². The zero-order valence-corrected chi connectivity index (χ0v) is 21.9. The van der Waals surface area contributed by atoms with Gasteiger partial charge in [0.15, 0.2) is 0 Å². The van der Waals surface area contributed by atoms with Crippen molar-refractivity contribution in [3.8, 4) is 17.6 Å². The van der Waals surface area contributed by atoms with E-state index in [4.69, 9.17) is 4.74 Å². The van der Waals surface area contributed by atoms with Gasteiger partial charge in [-0.15, -0.1) is 0 Å². The van der Waals surface area contributed by atoms with Gasteiger partial charge in [0.05, 0.1) is 31.3 Å². The molecule has 3 unspecified atom stereocenters.